The summed E-state index contributed by atoms with van der Waals surface area (Å²) in [5.41, 5.74) is 0.248. The Morgan fingerprint density at radius 3 is 2.25 bits per heavy atom. The second kappa shape index (κ2) is 5.85. The first-order valence-electron chi connectivity index (χ1n) is 6.46. The van der Waals surface area contributed by atoms with E-state index >= 15 is 0 Å². The largest absolute Gasteiger partial charge is 0.360 e. The molecule has 1 atom stereocenters. The zero-order valence-corrected chi connectivity index (χ0v) is 11.9. The van der Waals surface area contributed by atoms with E-state index in [9.17, 15) is 0 Å². The molecule has 16 heavy (non-hydrogen) atoms. The van der Waals surface area contributed by atoms with E-state index in [0.29, 0.717) is 12.1 Å². The van der Waals surface area contributed by atoms with Gasteiger partial charge in [0.15, 0.2) is 5.11 Å². The van der Waals surface area contributed by atoms with Crippen LogP contribution in [0.3, 0.4) is 0 Å². The summed E-state index contributed by atoms with van der Waals surface area (Å²) in [6.45, 7) is 8.88. The fourth-order valence-corrected chi connectivity index (χ4v) is 2.23. The van der Waals surface area contributed by atoms with Crippen LogP contribution < -0.4 is 10.6 Å². The Morgan fingerprint density at radius 2 is 1.75 bits per heavy atom. The van der Waals surface area contributed by atoms with Crippen molar-refractivity contribution in [2.24, 2.45) is 5.41 Å². The van der Waals surface area contributed by atoms with E-state index in [1.165, 1.54) is 32.1 Å². The number of hydrogen-bond acceptors (Lipinski definition) is 1. The van der Waals surface area contributed by atoms with E-state index in [1.807, 2.05) is 0 Å². The van der Waals surface area contributed by atoms with E-state index in [-0.39, 0.29) is 5.41 Å². The number of nitrogens with one attached hydrogen (secondary N) is 2. The second-order valence-electron chi connectivity index (χ2n) is 6.04. The lowest BCUT2D eigenvalue weighted by Gasteiger charge is -2.31. The molecule has 2 N–H and O–H groups in total. The van der Waals surface area contributed by atoms with Gasteiger partial charge in [-0.1, -0.05) is 40.0 Å². The lowest BCUT2D eigenvalue weighted by molar-refractivity contribution is 0.312. The summed E-state index contributed by atoms with van der Waals surface area (Å²) in [4.78, 5) is 0. The highest BCUT2D eigenvalue weighted by atomic mass is 32.1. The molecule has 1 unspecified atom stereocenters. The summed E-state index contributed by atoms with van der Waals surface area (Å²) in [5, 5.41) is 7.66. The zero-order chi connectivity index (χ0) is 12.2. The van der Waals surface area contributed by atoms with E-state index < -0.39 is 0 Å². The summed E-state index contributed by atoms with van der Waals surface area (Å²) in [7, 11) is 0. The Balaban J connectivity index is 2.29. The van der Waals surface area contributed by atoms with Gasteiger partial charge in [-0.2, -0.15) is 0 Å². The maximum Gasteiger partial charge on any atom is 0.166 e. The van der Waals surface area contributed by atoms with E-state index in [2.05, 4.69) is 38.3 Å². The molecule has 0 radical (unpaired) electrons. The monoisotopic (exact) mass is 242 g/mol. The molecule has 0 aliphatic heterocycles. The van der Waals surface area contributed by atoms with Crippen molar-refractivity contribution in [3.8, 4) is 0 Å². The molecule has 3 heteroatoms. The van der Waals surface area contributed by atoms with Crippen LogP contribution in [0.2, 0.25) is 0 Å². The summed E-state index contributed by atoms with van der Waals surface area (Å²) in [6, 6.07) is 0.997. The van der Waals surface area contributed by atoms with Gasteiger partial charge in [-0.25, -0.2) is 0 Å². The summed E-state index contributed by atoms with van der Waals surface area (Å²) in [5.74, 6) is 0. The molecule has 0 heterocycles. The Hall–Kier alpha value is -0.310. The highest BCUT2D eigenvalue weighted by Crippen LogP contribution is 2.19. The molecule has 0 amide bonds. The predicted molar refractivity (Wildman–Crippen MR) is 74.7 cm³/mol. The highest BCUT2D eigenvalue weighted by molar-refractivity contribution is 7.80. The van der Waals surface area contributed by atoms with Crippen LogP contribution in [0, 0.1) is 5.41 Å². The first kappa shape index (κ1) is 13.8. The van der Waals surface area contributed by atoms with E-state index in [4.69, 9.17) is 12.2 Å². The molecular weight excluding hydrogens is 216 g/mol. The molecule has 0 saturated heterocycles. The Morgan fingerprint density at radius 1 is 1.19 bits per heavy atom. The smallest absolute Gasteiger partial charge is 0.166 e. The minimum Gasteiger partial charge on any atom is -0.360 e. The first-order chi connectivity index (χ1) is 7.39. The molecule has 0 spiro atoms. The highest BCUT2D eigenvalue weighted by Gasteiger charge is 2.21. The SMILES string of the molecule is CC(NC(=S)NC1CCCCC1)C(C)(C)C. The van der Waals surface area contributed by atoms with Gasteiger partial charge in [0, 0.05) is 12.1 Å². The molecular formula is C13H26N2S. The number of thiocarbonyl (C=S) groups is 1. The van der Waals surface area contributed by atoms with Crippen LogP contribution in [-0.4, -0.2) is 17.2 Å². The van der Waals surface area contributed by atoms with Gasteiger partial charge in [-0.3, -0.25) is 0 Å². The minimum absolute atomic E-state index is 0.248. The molecule has 94 valence electrons. The van der Waals surface area contributed by atoms with Crippen LogP contribution in [0.15, 0.2) is 0 Å². The van der Waals surface area contributed by atoms with Crippen molar-refractivity contribution >= 4 is 17.3 Å². The quantitative estimate of drug-likeness (QED) is 0.727. The fraction of sp³-hybridized carbons (Fsp3) is 0.923. The van der Waals surface area contributed by atoms with Crippen LogP contribution >= 0.6 is 12.2 Å². The van der Waals surface area contributed by atoms with Gasteiger partial charge in [0.1, 0.15) is 0 Å². The predicted octanol–water partition coefficient (Wildman–Crippen LogP) is 3.22. The minimum atomic E-state index is 0.248. The van der Waals surface area contributed by atoms with Crippen molar-refractivity contribution in [3.05, 3.63) is 0 Å². The summed E-state index contributed by atoms with van der Waals surface area (Å²) in [6.07, 6.45) is 6.61. The van der Waals surface area contributed by atoms with E-state index in [0.717, 1.165) is 5.11 Å². The van der Waals surface area contributed by atoms with Gasteiger partial charge in [0.25, 0.3) is 0 Å². The van der Waals surface area contributed by atoms with Gasteiger partial charge in [-0.05, 0) is 37.4 Å². The third-order valence-corrected chi connectivity index (χ3v) is 3.82. The van der Waals surface area contributed by atoms with Gasteiger partial charge in [-0.15, -0.1) is 0 Å². The lowest BCUT2D eigenvalue weighted by Crippen LogP contribution is -2.49. The van der Waals surface area contributed by atoms with Crippen LogP contribution in [0.4, 0.5) is 0 Å². The molecule has 2 nitrogen and oxygen atoms in total. The second-order valence-corrected chi connectivity index (χ2v) is 6.45. The third kappa shape index (κ3) is 4.69. The lowest BCUT2D eigenvalue weighted by atomic mass is 9.88. The first-order valence-corrected chi connectivity index (χ1v) is 6.87. The molecule has 0 aromatic carbocycles. The van der Waals surface area contributed by atoms with Crippen LogP contribution in [-0.2, 0) is 0 Å². The molecule has 1 saturated carbocycles. The van der Waals surface area contributed by atoms with Crippen LogP contribution in [0.1, 0.15) is 59.8 Å². The Kier molecular flexibility index (Phi) is 5.03. The fourth-order valence-electron chi connectivity index (χ4n) is 1.89. The standard InChI is InChI=1S/C13H26N2S/c1-10(13(2,3)4)14-12(16)15-11-8-6-5-7-9-11/h10-11H,5-9H2,1-4H3,(H2,14,15,16). The van der Waals surface area contributed by atoms with Crippen molar-refractivity contribution in [3.63, 3.8) is 0 Å². The van der Waals surface area contributed by atoms with E-state index in [1.54, 1.807) is 0 Å². The van der Waals surface area contributed by atoms with Crippen molar-refractivity contribution in [1.29, 1.82) is 0 Å². The molecule has 1 aliphatic rings. The van der Waals surface area contributed by atoms with Crippen LogP contribution in [0.25, 0.3) is 0 Å². The summed E-state index contributed by atoms with van der Waals surface area (Å²) >= 11 is 5.36. The van der Waals surface area contributed by atoms with Crippen molar-refractivity contribution in [1.82, 2.24) is 10.6 Å². The zero-order valence-electron chi connectivity index (χ0n) is 11.1. The molecule has 1 aliphatic carbocycles. The maximum atomic E-state index is 5.36. The third-order valence-electron chi connectivity index (χ3n) is 3.59. The average molecular weight is 242 g/mol. The number of rotatable bonds is 2. The van der Waals surface area contributed by atoms with Gasteiger partial charge >= 0.3 is 0 Å². The number of hydrogen-bond donors (Lipinski definition) is 2. The van der Waals surface area contributed by atoms with Crippen LogP contribution in [0.5, 0.6) is 0 Å². The topological polar surface area (TPSA) is 24.1 Å². The average Bonchev–Trinajstić information content (AvgIpc) is 2.17. The normalized spacial score (nSPS) is 20.2. The molecule has 0 aromatic rings. The van der Waals surface area contributed by atoms with Gasteiger partial charge in [0.2, 0.25) is 0 Å². The molecule has 1 fully saturated rings. The molecule has 1 rings (SSSR count). The maximum absolute atomic E-state index is 5.36. The molecule has 0 aromatic heterocycles. The Labute approximate surface area is 106 Å². The summed E-state index contributed by atoms with van der Waals surface area (Å²) < 4.78 is 0. The molecule has 0 bridgehead atoms. The van der Waals surface area contributed by atoms with Gasteiger partial charge in [0.05, 0.1) is 0 Å². The van der Waals surface area contributed by atoms with Crippen molar-refractivity contribution in [2.45, 2.75) is 71.9 Å². The van der Waals surface area contributed by atoms with Gasteiger partial charge < -0.3 is 10.6 Å². The van der Waals surface area contributed by atoms with Crippen molar-refractivity contribution in [2.75, 3.05) is 0 Å². The Bertz CT molecular complexity index is 227. The van der Waals surface area contributed by atoms with Crippen molar-refractivity contribution < 1.29 is 0 Å².